The van der Waals surface area contributed by atoms with E-state index >= 15 is 0 Å². The number of carbonyl (C=O) groups is 1. The monoisotopic (exact) mass is 329 g/mol. The van der Waals surface area contributed by atoms with E-state index in [1.807, 2.05) is 32.0 Å². The largest absolute Gasteiger partial charge is 0.419 e. The molecule has 0 spiro atoms. The lowest BCUT2D eigenvalue weighted by Crippen LogP contribution is -2.24. The van der Waals surface area contributed by atoms with Gasteiger partial charge in [0.05, 0.1) is 12.2 Å². The summed E-state index contributed by atoms with van der Waals surface area (Å²) in [4.78, 5) is 13.4. The Morgan fingerprint density at radius 2 is 2.00 bits per heavy atom. The molecule has 1 fully saturated rings. The molecule has 1 heterocycles. The fraction of sp³-hybridized carbons (Fsp3) is 0.250. The lowest BCUT2D eigenvalue weighted by molar-refractivity contribution is 0.199. The fourth-order valence-electron chi connectivity index (χ4n) is 1.88. The van der Waals surface area contributed by atoms with Crippen molar-refractivity contribution in [2.75, 3.05) is 11.4 Å². The van der Waals surface area contributed by atoms with Gasteiger partial charge in [-0.15, -0.1) is 0 Å². The predicted molar refractivity (Wildman–Crippen MR) is 71.8 cm³/mol. The van der Waals surface area contributed by atoms with Gasteiger partial charge in [0.15, 0.2) is 0 Å². The number of rotatable bonds is 1. The van der Waals surface area contributed by atoms with E-state index in [-0.39, 0.29) is 6.09 Å². The molecule has 1 aromatic carbocycles. The molecule has 1 saturated heterocycles. The number of halogens is 1. The second-order valence-corrected chi connectivity index (χ2v) is 4.39. The van der Waals surface area contributed by atoms with E-state index in [4.69, 9.17) is 4.74 Å². The topological polar surface area (TPSA) is 29.5 Å². The molecule has 84 valence electrons. The number of carbonyl (C=O) groups excluding carboxylic acids is 1. The van der Waals surface area contributed by atoms with Gasteiger partial charge in [-0.2, -0.15) is 0 Å². The first-order valence-electron chi connectivity index (χ1n) is 4.98. The lowest BCUT2D eigenvalue weighted by Gasteiger charge is -2.17. The van der Waals surface area contributed by atoms with Crippen LogP contribution in [0.3, 0.4) is 0 Å². The summed E-state index contributed by atoms with van der Waals surface area (Å²) in [5.41, 5.74) is 3.14. The first-order chi connectivity index (χ1) is 7.63. The molecule has 0 radical (unpaired) electrons. The highest BCUT2D eigenvalue weighted by Gasteiger charge is 2.29. The zero-order valence-corrected chi connectivity index (χ0v) is 11.3. The van der Waals surface area contributed by atoms with Crippen molar-refractivity contribution in [1.29, 1.82) is 0 Å². The van der Waals surface area contributed by atoms with Crippen molar-refractivity contribution in [2.24, 2.45) is 0 Å². The Labute approximate surface area is 108 Å². The fourth-order valence-corrected chi connectivity index (χ4v) is 2.20. The third kappa shape index (κ3) is 1.93. The van der Waals surface area contributed by atoms with Gasteiger partial charge in [0.1, 0.15) is 5.76 Å². The SMILES string of the molecule is Cc1cccc(C)c1N1C/C(=C/I)OC1=O. The van der Waals surface area contributed by atoms with Crippen molar-refractivity contribution in [1.82, 2.24) is 0 Å². The molecular weight excluding hydrogens is 317 g/mol. The minimum absolute atomic E-state index is 0.291. The van der Waals surface area contributed by atoms with Crippen LogP contribution in [0.2, 0.25) is 0 Å². The first kappa shape index (κ1) is 11.4. The lowest BCUT2D eigenvalue weighted by atomic mass is 10.1. The number of para-hydroxylation sites is 1. The van der Waals surface area contributed by atoms with Crippen LogP contribution in [0.15, 0.2) is 28.0 Å². The molecule has 0 unspecified atom stereocenters. The molecule has 1 aliphatic rings. The van der Waals surface area contributed by atoms with E-state index < -0.39 is 0 Å². The first-order valence-corrected chi connectivity index (χ1v) is 6.23. The minimum Gasteiger partial charge on any atom is -0.412 e. The molecule has 0 aromatic heterocycles. The number of benzene rings is 1. The molecule has 1 amide bonds. The van der Waals surface area contributed by atoms with Crippen molar-refractivity contribution in [2.45, 2.75) is 13.8 Å². The van der Waals surface area contributed by atoms with Crippen LogP contribution in [0, 0.1) is 13.8 Å². The quantitative estimate of drug-likeness (QED) is 0.738. The van der Waals surface area contributed by atoms with Crippen LogP contribution in [-0.2, 0) is 4.74 Å². The summed E-state index contributed by atoms with van der Waals surface area (Å²) in [6, 6.07) is 5.99. The maximum atomic E-state index is 11.7. The number of amides is 1. The Morgan fingerprint density at radius 3 is 2.50 bits per heavy atom. The molecule has 16 heavy (non-hydrogen) atoms. The molecule has 0 bridgehead atoms. The van der Waals surface area contributed by atoms with Crippen LogP contribution < -0.4 is 4.90 Å². The van der Waals surface area contributed by atoms with Gasteiger partial charge in [0.25, 0.3) is 0 Å². The van der Waals surface area contributed by atoms with Gasteiger partial charge in [-0.25, -0.2) is 4.79 Å². The molecule has 0 atom stereocenters. The highest BCUT2D eigenvalue weighted by Crippen LogP contribution is 2.29. The van der Waals surface area contributed by atoms with Crippen molar-refractivity contribution < 1.29 is 9.53 Å². The highest BCUT2D eigenvalue weighted by molar-refractivity contribution is 14.1. The zero-order valence-electron chi connectivity index (χ0n) is 9.16. The van der Waals surface area contributed by atoms with Gasteiger partial charge in [0.2, 0.25) is 0 Å². The highest BCUT2D eigenvalue weighted by atomic mass is 127. The van der Waals surface area contributed by atoms with Crippen LogP contribution in [0.5, 0.6) is 0 Å². The predicted octanol–water partition coefficient (Wildman–Crippen LogP) is 3.54. The maximum absolute atomic E-state index is 11.7. The molecule has 4 heteroatoms. The Hall–Kier alpha value is -1.04. The molecule has 2 rings (SSSR count). The summed E-state index contributed by atoms with van der Waals surface area (Å²) in [6.45, 7) is 4.52. The number of cyclic esters (lactones) is 1. The van der Waals surface area contributed by atoms with Crippen molar-refractivity contribution in [3.63, 3.8) is 0 Å². The van der Waals surface area contributed by atoms with Gasteiger partial charge < -0.3 is 4.74 Å². The average Bonchev–Trinajstić information content (AvgIpc) is 2.60. The molecule has 0 saturated carbocycles. The summed E-state index contributed by atoms with van der Waals surface area (Å²) in [7, 11) is 0. The molecule has 0 aliphatic carbocycles. The van der Waals surface area contributed by atoms with E-state index in [1.54, 1.807) is 8.98 Å². The maximum Gasteiger partial charge on any atom is 0.419 e. The number of hydrogen-bond donors (Lipinski definition) is 0. The van der Waals surface area contributed by atoms with Gasteiger partial charge in [0, 0.05) is 4.08 Å². The minimum atomic E-state index is -0.291. The summed E-state index contributed by atoms with van der Waals surface area (Å²) in [5, 5.41) is 0. The van der Waals surface area contributed by atoms with Crippen LogP contribution >= 0.6 is 22.6 Å². The smallest absolute Gasteiger partial charge is 0.412 e. The number of nitrogens with zero attached hydrogens (tertiary/aromatic N) is 1. The third-order valence-electron chi connectivity index (χ3n) is 2.58. The summed E-state index contributed by atoms with van der Waals surface area (Å²) < 4.78 is 6.92. The number of hydrogen-bond acceptors (Lipinski definition) is 2. The Balaban J connectivity index is 2.42. The van der Waals surface area contributed by atoms with E-state index in [0.717, 1.165) is 16.8 Å². The van der Waals surface area contributed by atoms with Crippen molar-refractivity contribution in [3.8, 4) is 0 Å². The molecule has 3 nitrogen and oxygen atoms in total. The zero-order chi connectivity index (χ0) is 11.7. The second kappa shape index (κ2) is 4.45. The van der Waals surface area contributed by atoms with E-state index in [1.165, 1.54) is 0 Å². The molecule has 1 aromatic rings. The summed E-state index contributed by atoms with van der Waals surface area (Å²) in [5.74, 6) is 0.702. The summed E-state index contributed by atoms with van der Waals surface area (Å²) >= 11 is 2.08. The Morgan fingerprint density at radius 1 is 1.38 bits per heavy atom. The molecular formula is C12H12INO2. The molecule has 0 N–H and O–H groups in total. The van der Waals surface area contributed by atoms with Crippen molar-refractivity contribution in [3.05, 3.63) is 39.2 Å². The van der Waals surface area contributed by atoms with E-state index in [2.05, 4.69) is 22.6 Å². The van der Waals surface area contributed by atoms with Gasteiger partial charge in [-0.05, 0) is 47.6 Å². The number of anilines is 1. The van der Waals surface area contributed by atoms with Gasteiger partial charge >= 0.3 is 6.09 Å². The summed E-state index contributed by atoms with van der Waals surface area (Å²) in [6.07, 6.45) is -0.291. The third-order valence-corrected chi connectivity index (χ3v) is 3.28. The van der Waals surface area contributed by atoms with E-state index in [0.29, 0.717) is 12.3 Å². The van der Waals surface area contributed by atoms with Crippen LogP contribution in [0.1, 0.15) is 11.1 Å². The molecule has 1 aliphatic heterocycles. The number of ether oxygens (including phenoxy) is 1. The Kier molecular flexibility index (Phi) is 3.18. The average molecular weight is 329 g/mol. The van der Waals surface area contributed by atoms with Crippen LogP contribution in [0.4, 0.5) is 10.5 Å². The van der Waals surface area contributed by atoms with Gasteiger partial charge in [-0.1, -0.05) is 18.2 Å². The standard InChI is InChI=1S/C12H12INO2/c1-8-4-3-5-9(2)11(8)14-7-10(6-13)16-12(14)15/h3-6H,7H2,1-2H3/b10-6-. The van der Waals surface area contributed by atoms with Crippen LogP contribution in [0.25, 0.3) is 0 Å². The van der Waals surface area contributed by atoms with Crippen molar-refractivity contribution >= 4 is 34.4 Å². The Bertz CT molecular complexity index is 448. The normalized spacial score (nSPS) is 18.1. The van der Waals surface area contributed by atoms with Crippen LogP contribution in [-0.4, -0.2) is 12.6 Å². The number of aryl methyl sites for hydroxylation is 2. The van der Waals surface area contributed by atoms with E-state index in [9.17, 15) is 4.79 Å². The van der Waals surface area contributed by atoms with Gasteiger partial charge in [-0.3, -0.25) is 4.90 Å². The second-order valence-electron chi connectivity index (χ2n) is 3.77.